The molecule has 0 saturated carbocycles. The fourth-order valence-electron chi connectivity index (χ4n) is 3.95. The number of carbonyl (C=O) groups excluding carboxylic acids is 1. The van der Waals surface area contributed by atoms with Gasteiger partial charge in [-0.2, -0.15) is 5.10 Å². The first-order valence-electron chi connectivity index (χ1n) is 10.6. The monoisotopic (exact) mass is 444 g/mol. The quantitative estimate of drug-likeness (QED) is 0.455. The molecule has 0 atom stereocenters. The van der Waals surface area contributed by atoms with E-state index >= 15 is 0 Å². The molecule has 8 heteroatoms. The van der Waals surface area contributed by atoms with E-state index in [-0.39, 0.29) is 17.4 Å². The second-order valence-electron chi connectivity index (χ2n) is 7.58. The first-order valence-corrected chi connectivity index (χ1v) is 10.6. The van der Waals surface area contributed by atoms with Crippen LogP contribution in [0.25, 0.3) is 5.69 Å². The minimum Gasteiger partial charge on any atom is -0.497 e. The molecule has 5 rings (SSSR count). The fourth-order valence-corrected chi connectivity index (χ4v) is 3.95. The predicted molar refractivity (Wildman–Crippen MR) is 121 cm³/mol. The van der Waals surface area contributed by atoms with E-state index in [0.717, 1.165) is 30.5 Å². The average Bonchev–Trinajstić information content (AvgIpc) is 3.44. The number of ether oxygens (including phenoxy) is 2. The van der Waals surface area contributed by atoms with E-state index in [1.54, 1.807) is 72.6 Å². The van der Waals surface area contributed by atoms with Crippen LogP contribution in [0.15, 0.2) is 66.9 Å². The van der Waals surface area contributed by atoms with E-state index in [1.165, 1.54) is 6.07 Å². The van der Waals surface area contributed by atoms with Gasteiger partial charge in [0.15, 0.2) is 5.69 Å². The van der Waals surface area contributed by atoms with Gasteiger partial charge in [-0.3, -0.25) is 4.79 Å². The number of nitrogens with one attached hydrogen (secondary N) is 1. The number of aromatic nitrogens is 3. The van der Waals surface area contributed by atoms with Crippen LogP contribution in [0.1, 0.15) is 28.2 Å². The van der Waals surface area contributed by atoms with E-state index in [4.69, 9.17) is 9.47 Å². The van der Waals surface area contributed by atoms with Gasteiger partial charge in [-0.25, -0.2) is 14.1 Å². The highest BCUT2D eigenvalue weighted by atomic mass is 19.1. The second kappa shape index (κ2) is 8.74. The van der Waals surface area contributed by atoms with Crippen molar-refractivity contribution < 1.29 is 18.7 Å². The van der Waals surface area contributed by atoms with Crippen LogP contribution in [0, 0.1) is 5.82 Å². The summed E-state index contributed by atoms with van der Waals surface area (Å²) in [6.45, 7) is 0. The molecule has 4 aromatic rings. The highest BCUT2D eigenvalue weighted by Gasteiger charge is 2.28. The van der Waals surface area contributed by atoms with Gasteiger partial charge in [0, 0.05) is 17.5 Å². The lowest BCUT2D eigenvalue weighted by Gasteiger charge is -2.11. The molecule has 0 unspecified atom stereocenters. The van der Waals surface area contributed by atoms with E-state index in [0.29, 0.717) is 22.9 Å². The van der Waals surface area contributed by atoms with Gasteiger partial charge >= 0.3 is 0 Å². The number of hydrogen-bond donors (Lipinski definition) is 1. The standard InChI is InChI=1S/C25H21FN4O3/c1-32-16-11-13-17(14-12-16)33-25-20(8-5-15-27-25)28-24(31)23-18-6-4-10-21(18)30(29-23)22-9-3-2-7-19(22)26/h2-3,5,7-9,11-15H,4,6,10H2,1H3,(H,28,31). The van der Waals surface area contributed by atoms with E-state index < -0.39 is 5.91 Å². The largest absolute Gasteiger partial charge is 0.497 e. The van der Waals surface area contributed by atoms with Gasteiger partial charge in [0.2, 0.25) is 5.88 Å². The molecule has 0 fully saturated rings. The molecular weight excluding hydrogens is 423 g/mol. The average molecular weight is 444 g/mol. The topological polar surface area (TPSA) is 78.3 Å². The third kappa shape index (κ3) is 4.03. The van der Waals surface area contributed by atoms with Crippen LogP contribution in [-0.4, -0.2) is 27.8 Å². The van der Waals surface area contributed by atoms with E-state index in [9.17, 15) is 9.18 Å². The molecule has 0 spiro atoms. The lowest BCUT2D eigenvalue weighted by Crippen LogP contribution is -2.16. The number of anilines is 1. The molecule has 2 heterocycles. The first-order chi connectivity index (χ1) is 16.1. The zero-order valence-electron chi connectivity index (χ0n) is 17.9. The Hall–Kier alpha value is -4.20. The summed E-state index contributed by atoms with van der Waals surface area (Å²) in [5.74, 6) is 0.729. The van der Waals surface area contributed by atoms with Gasteiger partial charge < -0.3 is 14.8 Å². The van der Waals surface area contributed by atoms with Crippen molar-refractivity contribution in [2.45, 2.75) is 19.3 Å². The van der Waals surface area contributed by atoms with Crippen molar-refractivity contribution >= 4 is 11.6 Å². The highest BCUT2D eigenvalue weighted by Crippen LogP contribution is 2.31. The summed E-state index contributed by atoms with van der Waals surface area (Å²) in [4.78, 5) is 17.5. The Bertz CT molecular complexity index is 1320. The maximum atomic E-state index is 14.4. The summed E-state index contributed by atoms with van der Waals surface area (Å²) >= 11 is 0. The van der Waals surface area contributed by atoms with Crippen molar-refractivity contribution in [3.8, 4) is 23.1 Å². The normalized spacial score (nSPS) is 12.3. The number of pyridine rings is 1. The predicted octanol–water partition coefficient (Wildman–Crippen LogP) is 4.95. The zero-order valence-corrected chi connectivity index (χ0v) is 17.9. The van der Waals surface area contributed by atoms with Crippen molar-refractivity contribution in [2.75, 3.05) is 12.4 Å². The number of nitrogens with zero attached hydrogens (tertiary/aromatic N) is 3. The third-order valence-electron chi connectivity index (χ3n) is 5.52. The molecule has 0 saturated heterocycles. The van der Waals surface area contributed by atoms with Crippen LogP contribution >= 0.6 is 0 Å². The van der Waals surface area contributed by atoms with Crippen LogP contribution in [-0.2, 0) is 12.8 Å². The number of methoxy groups -OCH3 is 1. The molecule has 0 bridgehead atoms. The molecule has 166 valence electrons. The van der Waals surface area contributed by atoms with Crippen LogP contribution in [0.4, 0.5) is 10.1 Å². The summed E-state index contributed by atoms with van der Waals surface area (Å²) in [5.41, 5.74) is 2.73. The number of benzene rings is 2. The summed E-state index contributed by atoms with van der Waals surface area (Å²) in [7, 11) is 1.59. The van der Waals surface area contributed by atoms with Gasteiger partial charge in [0.1, 0.15) is 28.7 Å². The number of halogens is 1. The molecule has 1 amide bonds. The van der Waals surface area contributed by atoms with E-state index in [2.05, 4.69) is 15.4 Å². The number of rotatable bonds is 6. The second-order valence-corrected chi connectivity index (χ2v) is 7.58. The lowest BCUT2D eigenvalue weighted by molar-refractivity contribution is 0.102. The van der Waals surface area contributed by atoms with E-state index in [1.807, 2.05) is 0 Å². The van der Waals surface area contributed by atoms with Gasteiger partial charge in [0.25, 0.3) is 5.91 Å². The summed E-state index contributed by atoms with van der Waals surface area (Å²) < 4.78 is 27.0. The Balaban J connectivity index is 1.43. The van der Waals surface area contributed by atoms with Crippen LogP contribution in [0.3, 0.4) is 0 Å². The molecule has 0 aliphatic heterocycles. The number of hydrogen-bond acceptors (Lipinski definition) is 5. The molecule has 0 radical (unpaired) electrons. The minimum atomic E-state index is -0.393. The SMILES string of the molecule is COc1ccc(Oc2ncccc2NC(=O)c2nn(-c3ccccc3F)c3c2CCC3)cc1. The highest BCUT2D eigenvalue weighted by molar-refractivity contribution is 6.04. The van der Waals surface area contributed by atoms with Gasteiger partial charge in [-0.05, 0) is 67.8 Å². The summed E-state index contributed by atoms with van der Waals surface area (Å²) in [6.07, 6.45) is 3.93. The van der Waals surface area contributed by atoms with Gasteiger partial charge in [-0.1, -0.05) is 12.1 Å². The van der Waals surface area contributed by atoms with Crippen molar-refractivity contribution in [3.63, 3.8) is 0 Å². The number of fused-ring (bicyclic) bond motifs is 1. The van der Waals surface area contributed by atoms with Crippen molar-refractivity contribution in [1.82, 2.24) is 14.8 Å². The molecule has 1 aliphatic rings. The third-order valence-corrected chi connectivity index (χ3v) is 5.52. The number of amides is 1. The molecule has 1 aliphatic carbocycles. The van der Waals surface area contributed by atoms with Gasteiger partial charge in [-0.15, -0.1) is 0 Å². The van der Waals surface area contributed by atoms with Crippen molar-refractivity contribution in [1.29, 1.82) is 0 Å². The number of para-hydroxylation sites is 1. The maximum Gasteiger partial charge on any atom is 0.276 e. The van der Waals surface area contributed by atoms with Crippen molar-refractivity contribution in [2.24, 2.45) is 0 Å². The Labute approximate surface area is 189 Å². The number of carbonyl (C=O) groups is 1. The maximum absolute atomic E-state index is 14.4. The molecular formula is C25H21FN4O3. The van der Waals surface area contributed by atoms with Crippen LogP contribution in [0.2, 0.25) is 0 Å². The molecule has 2 aromatic heterocycles. The smallest absolute Gasteiger partial charge is 0.276 e. The lowest BCUT2D eigenvalue weighted by atomic mass is 10.2. The van der Waals surface area contributed by atoms with Crippen LogP contribution in [0.5, 0.6) is 17.4 Å². The Kier molecular flexibility index (Phi) is 5.48. The van der Waals surface area contributed by atoms with Gasteiger partial charge in [0.05, 0.1) is 7.11 Å². The summed E-state index contributed by atoms with van der Waals surface area (Å²) in [5, 5.41) is 7.34. The van der Waals surface area contributed by atoms with Crippen molar-refractivity contribution in [3.05, 3.63) is 89.6 Å². The Morgan fingerprint density at radius 3 is 2.61 bits per heavy atom. The Morgan fingerprint density at radius 1 is 1.03 bits per heavy atom. The summed E-state index contributed by atoms with van der Waals surface area (Å²) in [6, 6.07) is 16.9. The molecule has 7 nitrogen and oxygen atoms in total. The van der Waals surface area contributed by atoms with Crippen LogP contribution < -0.4 is 14.8 Å². The molecule has 33 heavy (non-hydrogen) atoms. The zero-order chi connectivity index (χ0) is 22.8. The minimum absolute atomic E-state index is 0.251. The first kappa shape index (κ1) is 20.7. The Morgan fingerprint density at radius 2 is 1.82 bits per heavy atom. The molecule has 2 aromatic carbocycles. The fraction of sp³-hybridized carbons (Fsp3) is 0.160. The molecule has 1 N–H and O–H groups in total.